The fourth-order valence-electron chi connectivity index (χ4n) is 3.35. The number of unbranched alkanes of at least 4 members (excludes halogenated alkanes) is 14. The van der Waals surface area contributed by atoms with Gasteiger partial charge in [0.05, 0.1) is 32.5 Å². The number of rotatable bonds is 23. The van der Waals surface area contributed by atoms with Crippen LogP contribution in [0.1, 0.15) is 123 Å². The largest absolute Gasteiger partial charge is 0.463 e. The second-order valence-corrected chi connectivity index (χ2v) is 8.56. The molecular formula is C27H54O5. The van der Waals surface area contributed by atoms with Gasteiger partial charge >= 0.3 is 5.97 Å². The molecular weight excluding hydrogens is 404 g/mol. The van der Waals surface area contributed by atoms with E-state index in [4.69, 9.17) is 14.6 Å². The van der Waals surface area contributed by atoms with Crippen LogP contribution in [0.25, 0.3) is 0 Å². The summed E-state index contributed by atoms with van der Waals surface area (Å²) in [5.74, 6) is -0.307. The van der Waals surface area contributed by atoms with Gasteiger partial charge in [-0.1, -0.05) is 117 Å². The van der Waals surface area contributed by atoms with E-state index in [9.17, 15) is 9.90 Å². The summed E-state index contributed by atoms with van der Waals surface area (Å²) < 4.78 is 9.95. The quantitative estimate of drug-likeness (QED) is 0.101. The van der Waals surface area contributed by atoms with E-state index >= 15 is 0 Å². The molecule has 0 aliphatic rings. The number of aliphatic hydroxyl groups is 2. The van der Waals surface area contributed by atoms with Gasteiger partial charge in [0, 0.05) is 6.08 Å². The van der Waals surface area contributed by atoms with E-state index in [0.717, 1.165) is 25.7 Å². The summed E-state index contributed by atoms with van der Waals surface area (Å²) in [5.41, 5.74) is 0. The molecule has 0 radical (unpaired) electrons. The van der Waals surface area contributed by atoms with E-state index in [-0.39, 0.29) is 18.7 Å². The van der Waals surface area contributed by atoms with Gasteiger partial charge in [-0.05, 0) is 12.8 Å². The molecule has 5 heteroatoms. The number of aliphatic hydroxyl groups excluding tert-OH is 2. The fraction of sp³-hybridized carbons (Fsp3) is 0.889. The van der Waals surface area contributed by atoms with E-state index < -0.39 is 0 Å². The molecule has 2 N–H and O–H groups in total. The number of carbonyl (C=O) groups excluding carboxylic acids is 1. The van der Waals surface area contributed by atoms with E-state index in [2.05, 4.69) is 20.4 Å². The number of hydrogen-bond donors (Lipinski definition) is 2. The molecule has 0 spiro atoms. The lowest BCUT2D eigenvalue weighted by molar-refractivity contribution is -0.137. The minimum atomic E-state index is -0.360. The summed E-state index contributed by atoms with van der Waals surface area (Å²) in [6.45, 7) is 9.07. The van der Waals surface area contributed by atoms with Crippen LogP contribution in [0.4, 0.5) is 0 Å². The highest BCUT2D eigenvalue weighted by Crippen LogP contribution is 2.11. The highest BCUT2D eigenvalue weighted by Gasteiger charge is 2.03. The van der Waals surface area contributed by atoms with Crippen molar-refractivity contribution in [3.63, 3.8) is 0 Å². The van der Waals surface area contributed by atoms with Gasteiger partial charge in [-0.15, -0.1) is 0 Å². The first kappa shape index (κ1) is 33.3. The van der Waals surface area contributed by atoms with E-state index in [0.29, 0.717) is 19.8 Å². The zero-order valence-corrected chi connectivity index (χ0v) is 21.3. The smallest absolute Gasteiger partial charge is 0.330 e. The molecule has 5 nitrogen and oxygen atoms in total. The summed E-state index contributed by atoms with van der Waals surface area (Å²) >= 11 is 0. The van der Waals surface area contributed by atoms with Gasteiger partial charge in [0.2, 0.25) is 0 Å². The molecule has 1 atom stereocenters. The van der Waals surface area contributed by atoms with Crippen molar-refractivity contribution >= 4 is 5.97 Å². The minimum Gasteiger partial charge on any atom is -0.463 e. The maximum absolute atomic E-state index is 10.7. The highest BCUT2D eigenvalue weighted by molar-refractivity contribution is 5.81. The summed E-state index contributed by atoms with van der Waals surface area (Å²) in [7, 11) is 0. The minimum absolute atomic E-state index is 0.0322. The Morgan fingerprint density at radius 2 is 1.25 bits per heavy atom. The van der Waals surface area contributed by atoms with Crippen molar-refractivity contribution in [3.8, 4) is 0 Å². The maximum atomic E-state index is 10.7. The van der Waals surface area contributed by atoms with E-state index in [1.54, 1.807) is 0 Å². The normalized spacial score (nSPS) is 11.5. The predicted molar refractivity (Wildman–Crippen MR) is 135 cm³/mol. The topological polar surface area (TPSA) is 76.0 Å². The zero-order chi connectivity index (χ0) is 24.1. The van der Waals surface area contributed by atoms with Crippen LogP contribution in [0.2, 0.25) is 0 Å². The van der Waals surface area contributed by atoms with E-state index in [1.807, 2.05) is 0 Å². The van der Waals surface area contributed by atoms with Crippen molar-refractivity contribution < 1.29 is 24.5 Å². The monoisotopic (exact) mass is 458 g/mol. The molecule has 0 rings (SSSR count). The fourth-order valence-corrected chi connectivity index (χ4v) is 3.35. The van der Waals surface area contributed by atoms with Gasteiger partial charge in [-0.3, -0.25) is 0 Å². The molecule has 0 saturated carbocycles. The Kier molecular flexibility index (Phi) is 31.3. The van der Waals surface area contributed by atoms with Crippen LogP contribution >= 0.6 is 0 Å². The third-order valence-electron chi connectivity index (χ3n) is 5.35. The average Bonchev–Trinajstić information content (AvgIpc) is 2.80. The van der Waals surface area contributed by atoms with Crippen molar-refractivity contribution in [1.29, 1.82) is 0 Å². The SMILES string of the molecule is C=CC(=O)OCCCCCCCCCC.CCCCCCCCCCC(O)COCCO. The van der Waals surface area contributed by atoms with Crippen LogP contribution in [0, 0.1) is 0 Å². The molecule has 192 valence electrons. The van der Waals surface area contributed by atoms with Crippen molar-refractivity contribution in [1.82, 2.24) is 0 Å². The first-order valence-electron chi connectivity index (χ1n) is 13.3. The van der Waals surface area contributed by atoms with Crippen LogP contribution in [0.3, 0.4) is 0 Å². The zero-order valence-electron chi connectivity index (χ0n) is 21.3. The molecule has 0 amide bonds. The third kappa shape index (κ3) is 31.3. The summed E-state index contributed by atoms with van der Waals surface area (Å²) in [5, 5.41) is 18.0. The van der Waals surface area contributed by atoms with Gasteiger partial charge in [-0.25, -0.2) is 4.79 Å². The highest BCUT2D eigenvalue weighted by atomic mass is 16.5. The molecule has 0 aliphatic heterocycles. The molecule has 0 fully saturated rings. The van der Waals surface area contributed by atoms with Crippen LogP contribution in [-0.2, 0) is 14.3 Å². The molecule has 1 unspecified atom stereocenters. The molecule has 0 aromatic heterocycles. The van der Waals surface area contributed by atoms with Crippen LogP contribution in [0.15, 0.2) is 12.7 Å². The maximum Gasteiger partial charge on any atom is 0.330 e. The number of hydrogen-bond acceptors (Lipinski definition) is 5. The lowest BCUT2D eigenvalue weighted by atomic mass is 10.1. The molecule has 32 heavy (non-hydrogen) atoms. The Morgan fingerprint density at radius 3 is 1.72 bits per heavy atom. The molecule has 0 aliphatic carbocycles. The van der Waals surface area contributed by atoms with E-state index in [1.165, 1.54) is 89.5 Å². The number of esters is 1. The van der Waals surface area contributed by atoms with Gasteiger partial charge in [0.15, 0.2) is 0 Å². The number of carbonyl (C=O) groups is 1. The van der Waals surface area contributed by atoms with Crippen molar-refractivity contribution in [2.45, 2.75) is 129 Å². The molecule has 0 aromatic carbocycles. The van der Waals surface area contributed by atoms with Crippen molar-refractivity contribution in [2.24, 2.45) is 0 Å². The second kappa shape index (κ2) is 30.1. The number of ether oxygens (including phenoxy) is 2. The van der Waals surface area contributed by atoms with Gasteiger partial charge in [-0.2, -0.15) is 0 Å². The van der Waals surface area contributed by atoms with Gasteiger partial charge < -0.3 is 19.7 Å². The molecule has 0 heterocycles. The van der Waals surface area contributed by atoms with Crippen LogP contribution in [0.5, 0.6) is 0 Å². The Bertz CT molecular complexity index is 373. The first-order chi connectivity index (χ1) is 15.6. The van der Waals surface area contributed by atoms with Gasteiger partial charge in [0.1, 0.15) is 0 Å². The molecule has 0 aromatic rings. The Labute approximate surface area is 199 Å². The average molecular weight is 459 g/mol. The standard InChI is InChI=1S/C14H30O3.C13H24O2/c1-2-3-4-5-6-7-8-9-10-14(16)13-17-12-11-15;1-3-5-6-7-8-9-10-11-12-15-13(14)4-2/h14-16H,2-13H2,1H3;4H,2-3,5-12H2,1H3. The van der Waals surface area contributed by atoms with Crippen LogP contribution in [-0.4, -0.2) is 48.7 Å². The predicted octanol–water partition coefficient (Wildman–Crippen LogP) is 6.74. The molecule has 0 saturated heterocycles. The summed E-state index contributed by atoms with van der Waals surface area (Å²) in [6.07, 6.45) is 22.1. The van der Waals surface area contributed by atoms with Gasteiger partial charge in [0.25, 0.3) is 0 Å². The van der Waals surface area contributed by atoms with Crippen LogP contribution < -0.4 is 0 Å². The Morgan fingerprint density at radius 1 is 0.781 bits per heavy atom. The third-order valence-corrected chi connectivity index (χ3v) is 5.35. The first-order valence-corrected chi connectivity index (χ1v) is 13.3. The lowest BCUT2D eigenvalue weighted by Crippen LogP contribution is -2.16. The van der Waals surface area contributed by atoms with Crippen molar-refractivity contribution in [2.75, 3.05) is 26.4 Å². The Hall–Kier alpha value is -0.910. The second-order valence-electron chi connectivity index (χ2n) is 8.56. The summed E-state index contributed by atoms with van der Waals surface area (Å²) in [4.78, 5) is 10.7. The summed E-state index contributed by atoms with van der Waals surface area (Å²) in [6, 6.07) is 0. The van der Waals surface area contributed by atoms with Crippen molar-refractivity contribution in [3.05, 3.63) is 12.7 Å². The molecule has 0 bridgehead atoms. The Balaban J connectivity index is 0. The lowest BCUT2D eigenvalue weighted by Gasteiger charge is -2.10.